The van der Waals surface area contributed by atoms with Crippen LogP contribution in [0.2, 0.25) is 0 Å². The fourth-order valence-corrected chi connectivity index (χ4v) is 2.80. The van der Waals surface area contributed by atoms with Crippen LogP contribution in [0.25, 0.3) is 0 Å². The van der Waals surface area contributed by atoms with Crippen molar-refractivity contribution in [1.82, 2.24) is 0 Å². The Balaban J connectivity index is 2.04. The summed E-state index contributed by atoms with van der Waals surface area (Å²) in [6.07, 6.45) is 6.94. The number of hydrogen-bond donors (Lipinski definition) is 0. The second-order valence-corrected chi connectivity index (χ2v) is 4.33. The van der Waals surface area contributed by atoms with Gasteiger partial charge < -0.3 is 0 Å². The van der Waals surface area contributed by atoms with Crippen LogP contribution in [-0.4, -0.2) is 0 Å². The van der Waals surface area contributed by atoms with Gasteiger partial charge in [0.05, 0.1) is 0 Å². The van der Waals surface area contributed by atoms with Gasteiger partial charge in [-0.15, -0.1) is 0 Å². The summed E-state index contributed by atoms with van der Waals surface area (Å²) < 4.78 is 0. The van der Waals surface area contributed by atoms with E-state index in [1.807, 2.05) is 0 Å². The molecular formula is C9H12. The van der Waals surface area contributed by atoms with Crippen LogP contribution in [0.1, 0.15) is 26.2 Å². The summed E-state index contributed by atoms with van der Waals surface area (Å²) in [7, 11) is 0. The summed E-state index contributed by atoms with van der Waals surface area (Å²) in [6, 6.07) is 0. The first-order chi connectivity index (χ1) is 4.28. The van der Waals surface area contributed by atoms with Crippen molar-refractivity contribution in [2.45, 2.75) is 26.2 Å². The van der Waals surface area contributed by atoms with Gasteiger partial charge in [0.15, 0.2) is 0 Å². The normalized spacial score (nSPS) is 59.4. The van der Waals surface area contributed by atoms with E-state index >= 15 is 0 Å². The Morgan fingerprint density at radius 1 is 1.67 bits per heavy atom. The molecule has 3 unspecified atom stereocenters. The lowest BCUT2D eigenvalue weighted by Gasteiger charge is -2.35. The number of hydrogen-bond acceptors (Lipinski definition) is 0. The first-order valence-electron chi connectivity index (χ1n) is 3.97. The lowest BCUT2D eigenvalue weighted by atomic mass is 9.70. The van der Waals surface area contributed by atoms with Crippen LogP contribution in [0.4, 0.5) is 0 Å². The SMILES string of the molecule is CC12CC3=CC(C3)C1C2. The monoisotopic (exact) mass is 120 g/mol. The van der Waals surface area contributed by atoms with E-state index in [1.54, 1.807) is 5.57 Å². The molecule has 0 spiro atoms. The van der Waals surface area contributed by atoms with Crippen LogP contribution < -0.4 is 0 Å². The molecular weight excluding hydrogens is 108 g/mol. The molecule has 4 aliphatic carbocycles. The van der Waals surface area contributed by atoms with Crippen molar-refractivity contribution in [2.75, 3.05) is 0 Å². The maximum Gasteiger partial charge on any atom is -0.0160 e. The zero-order valence-electron chi connectivity index (χ0n) is 5.85. The maximum absolute atomic E-state index is 2.51. The Labute approximate surface area is 56.0 Å². The summed E-state index contributed by atoms with van der Waals surface area (Å²) in [6.45, 7) is 2.46. The van der Waals surface area contributed by atoms with E-state index in [4.69, 9.17) is 0 Å². The molecule has 48 valence electrons. The summed E-state index contributed by atoms with van der Waals surface area (Å²) in [4.78, 5) is 0. The van der Waals surface area contributed by atoms with Crippen LogP contribution in [0.3, 0.4) is 0 Å². The first-order valence-corrected chi connectivity index (χ1v) is 3.97. The van der Waals surface area contributed by atoms with Crippen LogP contribution in [-0.2, 0) is 0 Å². The van der Waals surface area contributed by atoms with Crippen LogP contribution in [0, 0.1) is 17.3 Å². The van der Waals surface area contributed by atoms with Crippen LogP contribution in [0.15, 0.2) is 11.6 Å². The molecule has 2 fully saturated rings. The van der Waals surface area contributed by atoms with Crippen molar-refractivity contribution in [2.24, 2.45) is 17.3 Å². The minimum Gasteiger partial charge on any atom is -0.0816 e. The van der Waals surface area contributed by atoms with Crippen molar-refractivity contribution in [3.05, 3.63) is 11.6 Å². The highest BCUT2D eigenvalue weighted by Gasteiger charge is 2.58. The molecule has 2 saturated carbocycles. The molecule has 0 radical (unpaired) electrons. The van der Waals surface area contributed by atoms with Gasteiger partial charge in [-0.2, -0.15) is 0 Å². The molecule has 0 aliphatic heterocycles. The van der Waals surface area contributed by atoms with Crippen molar-refractivity contribution in [1.29, 1.82) is 0 Å². The lowest BCUT2D eigenvalue weighted by molar-refractivity contribution is 0.328. The highest BCUT2D eigenvalue weighted by Crippen LogP contribution is 2.68. The predicted octanol–water partition coefficient (Wildman–Crippen LogP) is 2.36. The molecule has 0 N–H and O–H groups in total. The van der Waals surface area contributed by atoms with E-state index < -0.39 is 0 Å². The predicted molar refractivity (Wildman–Crippen MR) is 37.0 cm³/mol. The average molecular weight is 120 g/mol. The molecule has 0 aromatic carbocycles. The summed E-state index contributed by atoms with van der Waals surface area (Å²) in [5.74, 6) is 2.13. The third kappa shape index (κ3) is 0.385. The highest BCUT2D eigenvalue weighted by atomic mass is 14.6. The fraction of sp³-hybridized carbons (Fsp3) is 0.778. The van der Waals surface area contributed by atoms with Crippen molar-refractivity contribution >= 4 is 0 Å². The third-order valence-corrected chi connectivity index (χ3v) is 3.52. The van der Waals surface area contributed by atoms with Gasteiger partial charge in [-0.25, -0.2) is 0 Å². The van der Waals surface area contributed by atoms with Crippen molar-refractivity contribution in [3.63, 3.8) is 0 Å². The Hall–Kier alpha value is -0.260. The van der Waals surface area contributed by atoms with E-state index in [0.29, 0.717) is 0 Å². The quantitative estimate of drug-likeness (QED) is 0.430. The number of allylic oxidation sites excluding steroid dienone is 2. The molecule has 0 heteroatoms. The van der Waals surface area contributed by atoms with E-state index in [1.165, 1.54) is 19.3 Å². The fourth-order valence-electron chi connectivity index (χ4n) is 2.80. The van der Waals surface area contributed by atoms with E-state index in [2.05, 4.69) is 13.0 Å². The molecule has 0 aromatic heterocycles. The van der Waals surface area contributed by atoms with Gasteiger partial charge in [0, 0.05) is 0 Å². The standard InChI is InChI=1S/C9H12/c1-9-4-6-2-7(3-6)8(9)5-9/h2,7-8H,3-5H2,1H3. The topological polar surface area (TPSA) is 0 Å². The van der Waals surface area contributed by atoms with E-state index in [0.717, 1.165) is 17.3 Å². The molecule has 0 amide bonds. The smallest absolute Gasteiger partial charge is 0.0160 e. The Morgan fingerprint density at radius 2 is 2.44 bits per heavy atom. The lowest BCUT2D eigenvalue weighted by Crippen LogP contribution is -2.23. The molecule has 4 aliphatic rings. The zero-order chi connectivity index (χ0) is 6.06. The molecule has 0 heterocycles. The van der Waals surface area contributed by atoms with E-state index in [9.17, 15) is 0 Å². The average Bonchev–Trinajstić information content (AvgIpc) is 2.34. The van der Waals surface area contributed by atoms with Crippen LogP contribution in [0.5, 0.6) is 0 Å². The molecule has 0 aromatic rings. The minimum atomic E-state index is 0.799. The van der Waals surface area contributed by atoms with Gasteiger partial charge >= 0.3 is 0 Å². The number of rotatable bonds is 0. The second kappa shape index (κ2) is 1.00. The van der Waals surface area contributed by atoms with Gasteiger partial charge in [-0.3, -0.25) is 0 Å². The van der Waals surface area contributed by atoms with Gasteiger partial charge in [-0.1, -0.05) is 18.6 Å². The van der Waals surface area contributed by atoms with Gasteiger partial charge in [0.1, 0.15) is 0 Å². The minimum absolute atomic E-state index is 0.799. The maximum atomic E-state index is 2.51. The Kier molecular flexibility index (Phi) is 0.505. The Morgan fingerprint density at radius 3 is 2.89 bits per heavy atom. The summed E-state index contributed by atoms with van der Waals surface area (Å²) in [5, 5.41) is 0. The summed E-state index contributed by atoms with van der Waals surface area (Å²) >= 11 is 0. The first kappa shape index (κ1) is 4.54. The molecule has 3 atom stereocenters. The van der Waals surface area contributed by atoms with Gasteiger partial charge in [-0.05, 0) is 36.5 Å². The molecule has 0 nitrogen and oxygen atoms in total. The molecule has 9 heavy (non-hydrogen) atoms. The van der Waals surface area contributed by atoms with Crippen molar-refractivity contribution in [3.8, 4) is 0 Å². The highest BCUT2D eigenvalue weighted by molar-refractivity contribution is 5.31. The Bertz CT molecular complexity index is 202. The van der Waals surface area contributed by atoms with Gasteiger partial charge in [0.25, 0.3) is 0 Å². The second-order valence-electron chi connectivity index (χ2n) is 4.33. The largest absolute Gasteiger partial charge is 0.0816 e. The molecule has 2 bridgehead atoms. The van der Waals surface area contributed by atoms with Crippen LogP contribution >= 0.6 is 0 Å². The van der Waals surface area contributed by atoms with Crippen molar-refractivity contribution < 1.29 is 0 Å². The van der Waals surface area contributed by atoms with E-state index in [-0.39, 0.29) is 0 Å². The molecule has 0 saturated heterocycles. The summed E-state index contributed by atoms with van der Waals surface area (Å²) in [5.41, 5.74) is 2.56. The van der Waals surface area contributed by atoms with Gasteiger partial charge in [0.2, 0.25) is 0 Å². The molecule has 4 rings (SSSR count). The zero-order valence-corrected chi connectivity index (χ0v) is 5.85. The third-order valence-electron chi connectivity index (χ3n) is 3.52.